The molecule has 0 amide bonds. The van der Waals surface area contributed by atoms with E-state index in [1.165, 1.54) is 35.9 Å². The topological polar surface area (TPSA) is 89.3 Å². The summed E-state index contributed by atoms with van der Waals surface area (Å²) in [5.41, 5.74) is 0.869. The van der Waals surface area contributed by atoms with E-state index < -0.39 is 0 Å². The van der Waals surface area contributed by atoms with Gasteiger partial charge in [-0.15, -0.1) is 27.8 Å². The van der Waals surface area contributed by atoms with Gasteiger partial charge in [0.2, 0.25) is 5.16 Å². The highest BCUT2D eigenvalue weighted by Gasteiger charge is 2.24. The number of nitrogens with zero attached hydrogens (tertiary/aromatic N) is 5. The largest absolute Gasteiger partial charge is 0.309 e. The van der Waals surface area contributed by atoms with Crippen LogP contribution in [0.25, 0.3) is 20.7 Å². The molecule has 0 radical (unpaired) electrons. The predicted molar refractivity (Wildman–Crippen MR) is 113 cm³/mol. The number of tetrazole rings is 1. The van der Waals surface area contributed by atoms with Crippen molar-refractivity contribution in [3.05, 3.63) is 39.1 Å². The molecule has 28 heavy (non-hydrogen) atoms. The summed E-state index contributed by atoms with van der Waals surface area (Å²) in [7, 11) is 0. The van der Waals surface area contributed by atoms with E-state index in [9.17, 15) is 4.79 Å². The average Bonchev–Trinajstić information content (AvgIpc) is 3.46. The second-order valence-electron chi connectivity index (χ2n) is 6.86. The average molecular weight is 431 g/mol. The van der Waals surface area contributed by atoms with E-state index in [1.54, 1.807) is 11.3 Å². The summed E-state index contributed by atoms with van der Waals surface area (Å²) >= 11 is 4.68. The fourth-order valence-corrected chi connectivity index (χ4v) is 6.31. The van der Waals surface area contributed by atoms with Crippen molar-refractivity contribution < 1.29 is 0 Å². The van der Waals surface area contributed by atoms with Crippen LogP contribution in [-0.4, -0.2) is 30.2 Å². The second-order valence-corrected chi connectivity index (χ2v) is 9.98. The number of aromatic nitrogens is 6. The lowest BCUT2D eigenvalue weighted by molar-refractivity contribution is 0.422. The Balaban J connectivity index is 1.45. The number of aromatic amines is 1. The lowest BCUT2D eigenvalue weighted by Gasteiger charge is -2.13. The Labute approximate surface area is 173 Å². The van der Waals surface area contributed by atoms with Gasteiger partial charge in [0, 0.05) is 15.8 Å². The molecule has 0 saturated heterocycles. The lowest BCUT2D eigenvalue weighted by atomic mass is 10.2. The highest BCUT2D eigenvalue weighted by atomic mass is 32.2. The van der Waals surface area contributed by atoms with Gasteiger partial charge < -0.3 is 4.98 Å². The molecule has 0 aromatic carbocycles. The van der Waals surface area contributed by atoms with Crippen molar-refractivity contribution in [2.75, 3.05) is 0 Å². The van der Waals surface area contributed by atoms with Crippen molar-refractivity contribution in [1.29, 1.82) is 0 Å². The molecule has 4 heterocycles. The minimum absolute atomic E-state index is 0.0597. The number of H-pyrrole nitrogens is 1. The zero-order chi connectivity index (χ0) is 19.1. The summed E-state index contributed by atoms with van der Waals surface area (Å²) in [5.74, 6) is 0.656. The summed E-state index contributed by atoms with van der Waals surface area (Å²) in [5, 5.41) is 17.7. The van der Waals surface area contributed by atoms with Crippen molar-refractivity contribution in [2.24, 2.45) is 0 Å². The molecular formula is C18H18N6OS3. The molecule has 4 aromatic heterocycles. The summed E-state index contributed by atoms with van der Waals surface area (Å²) in [4.78, 5) is 22.4. The van der Waals surface area contributed by atoms with Gasteiger partial charge in [0.05, 0.1) is 16.7 Å². The van der Waals surface area contributed by atoms with Crippen LogP contribution < -0.4 is 5.56 Å². The third-order valence-electron chi connectivity index (χ3n) is 5.05. The van der Waals surface area contributed by atoms with Crippen LogP contribution in [0.1, 0.15) is 49.7 Å². The van der Waals surface area contributed by atoms with E-state index >= 15 is 0 Å². The molecule has 5 rings (SSSR count). The van der Waals surface area contributed by atoms with Crippen LogP contribution in [0.15, 0.2) is 32.8 Å². The maximum Gasteiger partial charge on any atom is 0.260 e. The normalized spacial score (nSPS) is 16.2. The molecule has 1 fully saturated rings. The molecule has 0 spiro atoms. The predicted octanol–water partition coefficient (Wildman–Crippen LogP) is 4.67. The minimum Gasteiger partial charge on any atom is -0.309 e. The molecule has 4 aromatic rings. The van der Waals surface area contributed by atoms with Gasteiger partial charge in [-0.3, -0.25) is 4.79 Å². The van der Waals surface area contributed by atoms with Gasteiger partial charge in [0.25, 0.3) is 5.56 Å². The summed E-state index contributed by atoms with van der Waals surface area (Å²) in [6, 6.07) is 4.40. The Bertz CT molecular complexity index is 1160. The van der Waals surface area contributed by atoms with Crippen molar-refractivity contribution in [3.8, 4) is 10.4 Å². The first-order chi connectivity index (χ1) is 13.7. The van der Waals surface area contributed by atoms with Crippen molar-refractivity contribution in [2.45, 2.75) is 49.1 Å². The van der Waals surface area contributed by atoms with Crippen molar-refractivity contribution in [1.82, 2.24) is 30.2 Å². The molecule has 144 valence electrons. The maximum absolute atomic E-state index is 12.8. The summed E-state index contributed by atoms with van der Waals surface area (Å²) in [6.07, 6.45) is 4.69. The monoisotopic (exact) mass is 430 g/mol. The minimum atomic E-state index is -0.0903. The van der Waals surface area contributed by atoms with Crippen molar-refractivity contribution >= 4 is 44.7 Å². The highest BCUT2D eigenvalue weighted by molar-refractivity contribution is 7.99. The molecule has 7 nitrogen and oxygen atoms in total. The van der Waals surface area contributed by atoms with Crippen LogP contribution >= 0.6 is 34.4 Å². The Morgan fingerprint density at radius 1 is 1.32 bits per heavy atom. The Kier molecular flexibility index (Phi) is 4.77. The number of thiophene rings is 2. The molecule has 1 aliphatic rings. The molecular weight excluding hydrogens is 412 g/mol. The van der Waals surface area contributed by atoms with E-state index in [1.807, 2.05) is 34.5 Å². The van der Waals surface area contributed by atoms with Crippen LogP contribution in [-0.2, 0) is 0 Å². The fraction of sp³-hybridized carbons (Fsp3) is 0.389. The molecule has 0 aliphatic heterocycles. The van der Waals surface area contributed by atoms with Crippen LogP contribution in [0.4, 0.5) is 0 Å². The Morgan fingerprint density at radius 3 is 2.96 bits per heavy atom. The Morgan fingerprint density at radius 2 is 2.18 bits per heavy atom. The number of hydrogen-bond donors (Lipinski definition) is 1. The van der Waals surface area contributed by atoms with E-state index in [4.69, 9.17) is 4.98 Å². The fourth-order valence-electron chi connectivity index (χ4n) is 3.63. The first-order valence-corrected chi connectivity index (χ1v) is 11.8. The molecule has 1 N–H and O–H groups in total. The van der Waals surface area contributed by atoms with Gasteiger partial charge in [0.15, 0.2) is 0 Å². The van der Waals surface area contributed by atoms with Gasteiger partial charge in [-0.25, -0.2) is 9.67 Å². The number of fused-ring (bicyclic) bond motifs is 1. The zero-order valence-electron chi connectivity index (χ0n) is 15.2. The Hall–Kier alpha value is -2.04. The molecule has 1 atom stereocenters. The maximum atomic E-state index is 12.8. The van der Waals surface area contributed by atoms with Gasteiger partial charge in [-0.1, -0.05) is 30.7 Å². The lowest BCUT2D eigenvalue weighted by Crippen LogP contribution is -2.13. The second kappa shape index (κ2) is 7.41. The van der Waals surface area contributed by atoms with Gasteiger partial charge >= 0.3 is 0 Å². The quantitative estimate of drug-likeness (QED) is 0.463. The number of hydrogen-bond acceptors (Lipinski definition) is 8. The third-order valence-corrected chi connectivity index (χ3v) is 7.88. The van der Waals surface area contributed by atoms with Crippen LogP contribution in [0.5, 0.6) is 0 Å². The van der Waals surface area contributed by atoms with Crippen LogP contribution in [0, 0.1) is 0 Å². The molecule has 10 heteroatoms. The highest BCUT2D eigenvalue weighted by Crippen LogP contribution is 2.38. The van der Waals surface area contributed by atoms with Crippen LogP contribution in [0.3, 0.4) is 0 Å². The standard InChI is InChI=1S/C18H18N6OS3/c1-10(28-18-21-22-23-24(18)11-5-2-3-6-11)15-19-16(25)14-12(9-27-17(14)20-15)13-7-4-8-26-13/h4,7-11H,2-3,5-6H2,1H3,(H,19,20,25)/t10-/m0/s1. The first-order valence-electron chi connectivity index (χ1n) is 9.20. The third kappa shape index (κ3) is 3.19. The van der Waals surface area contributed by atoms with Crippen LogP contribution in [0.2, 0.25) is 0 Å². The zero-order valence-corrected chi connectivity index (χ0v) is 17.6. The van der Waals surface area contributed by atoms with Gasteiger partial charge in [-0.05, 0) is 41.6 Å². The number of rotatable bonds is 5. The molecule has 1 saturated carbocycles. The van der Waals surface area contributed by atoms with Gasteiger partial charge in [-0.2, -0.15) is 0 Å². The van der Waals surface area contributed by atoms with E-state index in [0.29, 0.717) is 17.3 Å². The number of thioether (sulfide) groups is 1. The number of nitrogens with one attached hydrogen (secondary N) is 1. The molecule has 0 unspecified atom stereocenters. The first kappa shape index (κ1) is 18.0. The molecule has 0 bridgehead atoms. The summed E-state index contributed by atoms with van der Waals surface area (Å²) in [6.45, 7) is 2.02. The SMILES string of the molecule is C[C@H](Sc1nnnn1C1CCCC1)c1nc2scc(-c3cccs3)c2c(=O)[nH]1. The van der Waals surface area contributed by atoms with E-state index in [2.05, 4.69) is 20.5 Å². The molecule has 1 aliphatic carbocycles. The van der Waals surface area contributed by atoms with E-state index in [-0.39, 0.29) is 10.8 Å². The van der Waals surface area contributed by atoms with Gasteiger partial charge in [0.1, 0.15) is 10.7 Å². The van der Waals surface area contributed by atoms with Crippen molar-refractivity contribution in [3.63, 3.8) is 0 Å². The summed E-state index contributed by atoms with van der Waals surface area (Å²) < 4.78 is 1.94. The smallest absolute Gasteiger partial charge is 0.260 e. The van der Waals surface area contributed by atoms with E-state index in [0.717, 1.165) is 33.3 Å².